The molecule has 0 aromatic heterocycles. The minimum atomic E-state index is -0.300. The summed E-state index contributed by atoms with van der Waals surface area (Å²) in [6.45, 7) is 1.93. The van der Waals surface area contributed by atoms with Crippen LogP contribution in [-0.2, 0) is 15.3 Å². The highest BCUT2D eigenvalue weighted by atomic mass is 35.5. The van der Waals surface area contributed by atoms with Gasteiger partial charge < -0.3 is 4.74 Å². The smallest absolute Gasteiger partial charge is 0.306 e. The topological polar surface area (TPSA) is 26.3 Å². The Morgan fingerprint density at radius 2 is 2.29 bits per heavy atom. The highest BCUT2D eigenvalue weighted by Crippen LogP contribution is 2.25. The fourth-order valence-corrected chi connectivity index (χ4v) is 2.48. The molecule has 0 heterocycles. The molecule has 0 fully saturated rings. The Bertz CT molecular complexity index is 398. The van der Waals surface area contributed by atoms with Crippen molar-refractivity contribution in [2.45, 2.75) is 24.3 Å². The molecule has 0 aliphatic rings. The average molecular weight is 277 g/mol. The monoisotopic (exact) mass is 276 g/mol. The number of carbonyl (C=O) groups is 1. The van der Waals surface area contributed by atoms with Crippen molar-refractivity contribution in [2.75, 3.05) is 7.11 Å². The third kappa shape index (κ3) is 4.96. The first-order valence-corrected chi connectivity index (χ1v) is 6.58. The van der Waals surface area contributed by atoms with E-state index in [1.165, 1.54) is 25.3 Å². The lowest BCUT2D eigenvalue weighted by Crippen LogP contribution is -2.08. The van der Waals surface area contributed by atoms with Crippen LogP contribution in [0.4, 0.5) is 4.39 Å². The molecule has 0 saturated carbocycles. The fraction of sp³-hybridized carbons (Fsp3) is 0.417. The Morgan fingerprint density at radius 3 is 2.94 bits per heavy atom. The van der Waals surface area contributed by atoms with Crippen molar-refractivity contribution < 1.29 is 13.9 Å². The van der Waals surface area contributed by atoms with Crippen molar-refractivity contribution in [3.05, 3.63) is 34.6 Å². The van der Waals surface area contributed by atoms with Crippen LogP contribution in [0.1, 0.15) is 18.9 Å². The number of hydrogen-bond donors (Lipinski definition) is 0. The van der Waals surface area contributed by atoms with E-state index in [9.17, 15) is 9.18 Å². The molecule has 1 rings (SSSR count). The number of carbonyl (C=O) groups excluding carboxylic acids is 1. The van der Waals surface area contributed by atoms with Crippen molar-refractivity contribution in [2.24, 2.45) is 0 Å². The lowest BCUT2D eigenvalue weighted by Gasteiger charge is -2.10. The van der Waals surface area contributed by atoms with Crippen molar-refractivity contribution in [3.8, 4) is 0 Å². The molecule has 0 N–H and O–H groups in total. The van der Waals surface area contributed by atoms with E-state index >= 15 is 0 Å². The molecule has 5 heteroatoms. The van der Waals surface area contributed by atoms with Gasteiger partial charge in [-0.05, 0) is 23.8 Å². The molecule has 0 saturated heterocycles. The standard InChI is InChI=1S/C12H14ClFO2S/c1-8(5-12(15)16-2)17-7-9-6-10(14)3-4-11(9)13/h3-4,6,8H,5,7H2,1-2H3. The molecular weight excluding hydrogens is 263 g/mol. The number of hydrogen-bond acceptors (Lipinski definition) is 3. The van der Waals surface area contributed by atoms with E-state index in [4.69, 9.17) is 11.6 Å². The number of rotatable bonds is 5. The Hall–Kier alpha value is -0.740. The summed E-state index contributed by atoms with van der Waals surface area (Å²) in [7, 11) is 1.36. The highest BCUT2D eigenvalue weighted by molar-refractivity contribution is 7.99. The molecule has 1 aromatic rings. The van der Waals surface area contributed by atoms with Crippen molar-refractivity contribution in [1.82, 2.24) is 0 Å². The van der Waals surface area contributed by atoms with Crippen molar-refractivity contribution in [3.63, 3.8) is 0 Å². The van der Waals surface area contributed by atoms with Gasteiger partial charge in [0.15, 0.2) is 0 Å². The van der Waals surface area contributed by atoms with Crippen LogP contribution < -0.4 is 0 Å². The summed E-state index contributed by atoms with van der Waals surface area (Å²) in [6.07, 6.45) is 0.341. The summed E-state index contributed by atoms with van der Waals surface area (Å²) < 4.78 is 17.6. The molecule has 17 heavy (non-hydrogen) atoms. The van der Waals surface area contributed by atoms with Crippen LogP contribution in [0.15, 0.2) is 18.2 Å². The van der Waals surface area contributed by atoms with Gasteiger partial charge in [-0.1, -0.05) is 18.5 Å². The minimum absolute atomic E-state index is 0.113. The zero-order chi connectivity index (χ0) is 12.8. The Kier molecular flexibility index (Phi) is 5.78. The van der Waals surface area contributed by atoms with E-state index in [1.807, 2.05) is 6.92 Å². The third-order valence-electron chi connectivity index (χ3n) is 2.21. The zero-order valence-electron chi connectivity index (χ0n) is 9.70. The van der Waals surface area contributed by atoms with Gasteiger partial charge in [-0.3, -0.25) is 4.79 Å². The number of ether oxygens (including phenoxy) is 1. The SMILES string of the molecule is COC(=O)CC(C)SCc1cc(F)ccc1Cl. The first-order chi connectivity index (χ1) is 8.02. The lowest BCUT2D eigenvalue weighted by atomic mass is 10.2. The quantitative estimate of drug-likeness (QED) is 0.768. The Morgan fingerprint density at radius 1 is 1.59 bits per heavy atom. The first-order valence-electron chi connectivity index (χ1n) is 5.15. The number of methoxy groups -OCH3 is 1. The highest BCUT2D eigenvalue weighted by Gasteiger charge is 2.11. The van der Waals surface area contributed by atoms with E-state index in [0.29, 0.717) is 17.2 Å². The molecular formula is C12H14ClFO2S. The maximum absolute atomic E-state index is 13.0. The summed E-state index contributed by atoms with van der Waals surface area (Å²) in [6, 6.07) is 4.28. The Balaban J connectivity index is 2.49. The minimum Gasteiger partial charge on any atom is -0.469 e. The largest absolute Gasteiger partial charge is 0.469 e. The van der Waals surface area contributed by atoms with Gasteiger partial charge in [0.2, 0.25) is 0 Å². The summed E-state index contributed by atoms with van der Waals surface area (Å²) >= 11 is 7.49. The molecule has 0 spiro atoms. The van der Waals surface area contributed by atoms with Crippen LogP contribution >= 0.6 is 23.4 Å². The Labute approximate surface area is 109 Å². The second kappa shape index (κ2) is 6.87. The molecule has 0 aliphatic heterocycles. The van der Waals surface area contributed by atoms with Crippen LogP contribution in [0.25, 0.3) is 0 Å². The van der Waals surface area contributed by atoms with Crippen LogP contribution in [0.3, 0.4) is 0 Å². The number of thioether (sulfide) groups is 1. The van der Waals surface area contributed by atoms with Crippen molar-refractivity contribution >= 4 is 29.3 Å². The zero-order valence-corrected chi connectivity index (χ0v) is 11.3. The first kappa shape index (κ1) is 14.3. The predicted molar refractivity (Wildman–Crippen MR) is 68.8 cm³/mol. The lowest BCUT2D eigenvalue weighted by molar-refractivity contribution is -0.140. The third-order valence-corrected chi connectivity index (χ3v) is 3.80. The number of benzene rings is 1. The van der Waals surface area contributed by atoms with Gasteiger partial charge in [-0.15, -0.1) is 0 Å². The molecule has 1 unspecified atom stereocenters. The van der Waals surface area contributed by atoms with E-state index in [2.05, 4.69) is 4.74 Å². The number of esters is 1. The second-order valence-corrected chi connectivity index (χ2v) is 5.47. The van der Waals surface area contributed by atoms with Gasteiger partial charge in [-0.2, -0.15) is 11.8 Å². The molecule has 2 nitrogen and oxygen atoms in total. The molecule has 0 radical (unpaired) electrons. The molecule has 0 amide bonds. The molecule has 0 bridgehead atoms. The summed E-state index contributed by atoms with van der Waals surface area (Å²) in [5.41, 5.74) is 0.744. The maximum atomic E-state index is 13.0. The van der Waals surface area contributed by atoms with Crippen LogP contribution in [-0.4, -0.2) is 18.3 Å². The maximum Gasteiger partial charge on any atom is 0.306 e. The van der Waals surface area contributed by atoms with E-state index < -0.39 is 0 Å². The van der Waals surface area contributed by atoms with Crippen LogP contribution in [0.5, 0.6) is 0 Å². The van der Waals surface area contributed by atoms with Crippen LogP contribution in [0.2, 0.25) is 5.02 Å². The summed E-state index contributed by atoms with van der Waals surface area (Å²) in [5.74, 6) is 0.0374. The van der Waals surface area contributed by atoms with Gasteiger partial charge in [0.25, 0.3) is 0 Å². The normalized spacial score (nSPS) is 12.2. The molecule has 1 aromatic carbocycles. The number of halogens is 2. The molecule has 0 aliphatic carbocycles. The van der Waals surface area contributed by atoms with Gasteiger partial charge in [0.1, 0.15) is 5.82 Å². The predicted octanol–water partition coefficient (Wildman–Crippen LogP) is 3.66. The van der Waals surface area contributed by atoms with Crippen molar-refractivity contribution in [1.29, 1.82) is 0 Å². The average Bonchev–Trinajstić information content (AvgIpc) is 2.30. The van der Waals surface area contributed by atoms with E-state index in [0.717, 1.165) is 5.56 Å². The van der Waals surface area contributed by atoms with E-state index in [-0.39, 0.29) is 17.0 Å². The molecule has 1 atom stereocenters. The fourth-order valence-electron chi connectivity index (χ4n) is 1.26. The van der Waals surface area contributed by atoms with Gasteiger partial charge in [0, 0.05) is 16.0 Å². The summed E-state index contributed by atoms with van der Waals surface area (Å²) in [5, 5.41) is 0.658. The second-order valence-electron chi connectivity index (χ2n) is 3.64. The van der Waals surface area contributed by atoms with E-state index in [1.54, 1.807) is 11.8 Å². The summed E-state index contributed by atoms with van der Waals surface area (Å²) in [4.78, 5) is 11.0. The molecule has 94 valence electrons. The van der Waals surface area contributed by atoms with Gasteiger partial charge >= 0.3 is 5.97 Å². The van der Waals surface area contributed by atoms with Gasteiger partial charge in [0.05, 0.1) is 13.5 Å². The van der Waals surface area contributed by atoms with Gasteiger partial charge in [-0.25, -0.2) is 4.39 Å². The van der Waals surface area contributed by atoms with Crippen LogP contribution in [0, 0.1) is 5.82 Å².